The van der Waals surface area contributed by atoms with E-state index in [0.717, 1.165) is 69.5 Å². The Kier molecular flexibility index (Phi) is 14.0. The molecule has 0 atom stereocenters. The van der Waals surface area contributed by atoms with Gasteiger partial charge in [0.1, 0.15) is 12.6 Å². The van der Waals surface area contributed by atoms with E-state index in [1.807, 2.05) is 12.1 Å². The zero-order chi connectivity index (χ0) is 23.6. The molecule has 0 fully saturated rings. The zero-order valence-corrected chi connectivity index (χ0v) is 19.7. The van der Waals surface area contributed by atoms with Crippen LogP contribution in [-0.4, -0.2) is 12.6 Å². The lowest BCUT2D eigenvalue weighted by Gasteiger charge is -2.07. The van der Waals surface area contributed by atoms with E-state index in [-0.39, 0.29) is 0 Å². The molecular formula is C30H36O2. The van der Waals surface area contributed by atoms with Crippen LogP contribution in [0.3, 0.4) is 0 Å². The Morgan fingerprint density at radius 2 is 0.906 bits per heavy atom. The van der Waals surface area contributed by atoms with Crippen molar-refractivity contribution in [3.8, 4) is 24.7 Å². The zero-order valence-electron chi connectivity index (χ0n) is 19.7. The maximum absolute atomic E-state index is 10.6. The Morgan fingerprint density at radius 1 is 0.594 bits per heavy atom. The highest BCUT2D eigenvalue weighted by molar-refractivity contribution is 5.56. The van der Waals surface area contributed by atoms with Crippen LogP contribution in [0.1, 0.15) is 72.9 Å². The molecule has 0 aliphatic rings. The second-order valence-electron chi connectivity index (χ2n) is 7.97. The fraction of sp³-hybridized carbons (Fsp3) is 0.400. The number of rotatable bonds is 12. The first-order chi connectivity index (χ1) is 15.6. The standard InChI is InChI=1S/C16H16O.C14H20O/c1-3-5-7-14-11-15(8-6-4-2)13-16(12-14)9-10-17;1-3-5-12-9-13(6-4-2)11-14(10-12)7-8-15/h1-2,10-13H,5-9H2;8-11H,3-7H2,1-2H3. The van der Waals surface area contributed by atoms with Crippen molar-refractivity contribution < 1.29 is 9.59 Å². The van der Waals surface area contributed by atoms with Crippen LogP contribution >= 0.6 is 0 Å². The van der Waals surface area contributed by atoms with Crippen molar-refractivity contribution in [2.75, 3.05) is 0 Å². The molecule has 2 aromatic carbocycles. The van der Waals surface area contributed by atoms with Gasteiger partial charge in [-0.3, -0.25) is 0 Å². The van der Waals surface area contributed by atoms with Gasteiger partial charge < -0.3 is 9.59 Å². The molecule has 2 rings (SSSR count). The van der Waals surface area contributed by atoms with Gasteiger partial charge in [-0.25, -0.2) is 0 Å². The summed E-state index contributed by atoms with van der Waals surface area (Å²) in [6, 6.07) is 12.8. The molecule has 2 nitrogen and oxygen atoms in total. The van der Waals surface area contributed by atoms with Crippen LogP contribution in [0.2, 0.25) is 0 Å². The van der Waals surface area contributed by atoms with Gasteiger partial charge in [0.15, 0.2) is 0 Å². The first kappa shape index (κ1) is 26.9. The van der Waals surface area contributed by atoms with Crippen LogP contribution in [-0.2, 0) is 48.1 Å². The molecule has 0 spiro atoms. The molecule has 0 bridgehead atoms. The summed E-state index contributed by atoms with van der Waals surface area (Å²) in [5, 5.41) is 0. The van der Waals surface area contributed by atoms with Crippen molar-refractivity contribution in [1.82, 2.24) is 0 Å². The monoisotopic (exact) mass is 428 g/mol. The van der Waals surface area contributed by atoms with Crippen molar-refractivity contribution in [1.29, 1.82) is 0 Å². The lowest BCUT2D eigenvalue weighted by Crippen LogP contribution is -1.95. The number of aryl methyl sites for hydroxylation is 4. The predicted octanol–water partition coefficient (Wildman–Crippen LogP) is 5.89. The molecule has 0 saturated carbocycles. The molecule has 0 aromatic heterocycles. The highest BCUT2D eigenvalue weighted by Crippen LogP contribution is 2.15. The summed E-state index contributed by atoms with van der Waals surface area (Å²) in [4.78, 5) is 21.1. The van der Waals surface area contributed by atoms with Crippen LogP contribution < -0.4 is 0 Å². The number of carbonyl (C=O) groups excluding carboxylic acids is 2. The third-order valence-electron chi connectivity index (χ3n) is 5.06. The molecule has 0 heterocycles. The maximum atomic E-state index is 10.6. The van der Waals surface area contributed by atoms with Crippen LogP contribution in [0.5, 0.6) is 0 Å². The van der Waals surface area contributed by atoms with E-state index in [4.69, 9.17) is 12.8 Å². The molecule has 32 heavy (non-hydrogen) atoms. The quantitative estimate of drug-likeness (QED) is 0.312. The summed E-state index contributed by atoms with van der Waals surface area (Å²) in [6.45, 7) is 4.37. The normalized spacial score (nSPS) is 9.75. The summed E-state index contributed by atoms with van der Waals surface area (Å²) < 4.78 is 0. The van der Waals surface area contributed by atoms with Crippen molar-refractivity contribution >= 4 is 12.6 Å². The minimum atomic E-state index is 0.451. The second kappa shape index (κ2) is 16.6. The Bertz CT molecular complexity index is 864. The molecule has 0 amide bonds. The Balaban J connectivity index is 0.000000323. The third-order valence-corrected chi connectivity index (χ3v) is 5.06. The van der Waals surface area contributed by atoms with Gasteiger partial charge in [-0.1, -0.05) is 63.1 Å². The van der Waals surface area contributed by atoms with Crippen LogP contribution in [0.4, 0.5) is 0 Å². The van der Waals surface area contributed by atoms with Gasteiger partial charge in [-0.2, -0.15) is 0 Å². The minimum absolute atomic E-state index is 0.451. The van der Waals surface area contributed by atoms with E-state index < -0.39 is 0 Å². The number of aldehydes is 2. The van der Waals surface area contributed by atoms with Gasteiger partial charge >= 0.3 is 0 Å². The highest BCUT2D eigenvalue weighted by atomic mass is 16.1. The fourth-order valence-corrected chi connectivity index (χ4v) is 3.69. The van der Waals surface area contributed by atoms with Gasteiger partial charge in [0.25, 0.3) is 0 Å². The average Bonchev–Trinajstić information content (AvgIpc) is 2.77. The lowest BCUT2D eigenvalue weighted by molar-refractivity contribution is -0.108. The molecular weight excluding hydrogens is 392 g/mol. The van der Waals surface area contributed by atoms with Crippen molar-refractivity contribution in [3.63, 3.8) is 0 Å². The second-order valence-corrected chi connectivity index (χ2v) is 7.97. The molecule has 0 saturated heterocycles. The van der Waals surface area contributed by atoms with E-state index in [1.54, 1.807) is 0 Å². The summed E-state index contributed by atoms with van der Waals surface area (Å²) in [5.74, 6) is 5.26. The Morgan fingerprint density at radius 3 is 1.19 bits per heavy atom. The van der Waals surface area contributed by atoms with Crippen LogP contribution in [0.25, 0.3) is 0 Å². The largest absolute Gasteiger partial charge is 0.303 e. The van der Waals surface area contributed by atoms with E-state index in [1.165, 1.54) is 27.8 Å². The maximum Gasteiger partial charge on any atom is 0.124 e. The van der Waals surface area contributed by atoms with Crippen molar-refractivity contribution in [2.45, 2.75) is 78.1 Å². The SMILES string of the molecule is C#CCCc1cc(CC=O)cc(CCC#C)c1.CCCc1cc(CC=O)cc(CCC)c1. The first-order valence-corrected chi connectivity index (χ1v) is 11.6. The van der Waals surface area contributed by atoms with E-state index >= 15 is 0 Å². The smallest absolute Gasteiger partial charge is 0.124 e. The topological polar surface area (TPSA) is 34.1 Å². The number of terminal acetylenes is 2. The molecule has 0 aliphatic heterocycles. The van der Waals surface area contributed by atoms with Gasteiger partial charge in [0, 0.05) is 25.7 Å². The number of hydrogen-bond donors (Lipinski definition) is 0. The third kappa shape index (κ3) is 10.8. The van der Waals surface area contributed by atoms with Gasteiger partial charge in [0.2, 0.25) is 0 Å². The van der Waals surface area contributed by atoms with Gasteiger partial charge in [0.05, 0.1) is 0 Å². The molecule has 0 unspecified atom stereocenters. The molecule has 2 heteroatoms. The summed E-state index contributed by atoms with van der Waals surface area (Å²) in [5.41, 5.74) is 7.34. The number of hydrogen-bond acceptors (Lipinski definition) is 2. The van der Waals surface area contributed by atoms with Crippen molar-refractivity contribution in [2.24, 2.45) is 0 Å². The van der Waals surface area contributed by atoms with Crippen LogP contribution in [0.15, 0.2) is 36.4 Å². The highest BCUT2D eigenvalue weighted by Gasteiger charge is 2.02. The van der Waals surface area contributed by atoms with Crippen LogP contribution in [0, 0.1) is 24.7 Å². The lowest BCUT2D eigenvalue weighted by atomic mass is 9.98. The molecule has 0 aliphatic carbocycles. The number of carbonyl (C=O) groups is 2. The van der Waals surface area contributed by atoms with Crippen molar-refractivity contribution in [3.05, 3.63) is 69.8 Å². The van der Waals surface area contributed by atoms with E-state index in [2.05, 4.69) is 50.0 Å². The predicted molar refractivity (Wildman–Crippen MR) is 135 cm³/mol. The fourth-order valence-electron chi connectivity index (χ4n) is 3.69. The molecule has 0 radical (unpaired) electrons. The number of benzene rings is 2. The summed E-state index contributed by atoms with van der Waals surface area (Å²) in [7, 11) is 0. The molecule has 0 N–H and O–H groups in total. The van der Waals surface area contributed by atoms with E-state index in [0.29, 0.717) is 12.8 Å². The van der Waals surface area contributed by atoms with Gasteiger partial charge in [-0.15, -0.1) is 24.7 Å². The Labute approximate surface area is 194 Å². The minimum Gasteiger partial charge on any atom is -0.303 e. The summed E-state index contributed by atoms with van der Waals surface area (Å²) >= 11 is 0. The Hall–Kier alpha value is -3.10. The van der Waals surface area contributed by atoms with Gasteiger partial charge in [-0.05, 0) is 59.1 Å². The molecule has 2 aromatic rings. The molecule has 168 valence electrons. The van der Waals surface area contributed by atoms with E-state index in [9.17, 15) is 9.59 Å². The average molecular weight is 429 g/mol. The first-order valence-electron chi connectivity index (χ1n) is 11.6. The summed E-state index contributed by atoms with van der Waals surface area (Å²) in [6.07, 6.45) is 21.1.